The Bertz CT molecular complexity index is 606. The minimum absolute atomic E-state index is 0. The number of ether oxygens (including phenoxy) is 2. The summed E-state index contributed by atoms with van der Waals surface area (Å²) in [5, 5.41) is 6.63. The van der Waals surface area contributed by atoms with Crippen LogP contribution in [-0.4, -0.2) is 38.9 Å². The van der Waals surface area contributed by atoms with Crippen molar-refractivity contribution in [1.29, 1.82) is 0 Å². The molecule has 0 aromatic heterocycles. The van der Waals surface area contributed by atoms with E-state index in [0.29, 0.717) is 18.5 Å². The van der Waals surface area contributed by atoms with Crippen LogP contribution in [0.4, 0.5) is 13.2 Å². The zero-order valence-corrected chi connectivity index (χ0v) is 17.9. The van der Waals surface area contributed by atoms with Crippen LogP contribution in [0.3, 0.4) is 0 Å². The first-order valence-electron chi connectivity index (χ1n) is 8.75. The van der Waals surface area contributed by atoms with Gasteiger partial charge in [0.25, 0.3) is 0 Å². The number of rotatable bonds is 6. The number of nitrogens with zero attached hydrogens (tertiary/aromatic N) is 1. The van der Waals surface area contributed by atoms with Crippen LogP contribution >= 0.6 is 24.0 Å². The van der Waals surface area contributed by atoms with Crippen LogP contribution in [0.1, 0.15) is 37.7 Å². The van der Waals surface area contributed by atoms with Gasteiger partial charge < -0.3 is 20.1 Å². The van der Waals surface area contributed by atoms with Crippen molar-refractivity contribution in [3.05, 3.63) is 23.8 Å². The lowest BCUT2D eigenvalue weighted by Crippen LogP contribution is -2.43. The number of hydrogen-bond acceptors (Lipinski definition) is 3. The molecule has 0 unspecified atom stereocenters. The van der Waals surface area contributed by atoms with Gasteiger partial charge in [0.05, 0.1) is 7.11 Å². The van der Waals surface area contributed by atoms with Crippen LogP contribution in [0.15, 0.2) is 23.2 Å². The van der Waals surface area contributed by atoms with E-state index in [1.54, 1.807) is 19.2 Å². The molecule has 0 radical (unpaired) electrons. The van der Waals surface area contributed by atoms with Crippen molar-refractivity contribution in [1.82, 2.24) is 10.6 Å². The van der Waals surface area contributed by atoms with Crippen LogP contribution in [0.5, 0.6) is 11.5 Å². The summed E-state index contributed by atoms with van der Waals surface area (Å²) in [4.78, 5) is 4.23. The normalized spacial score (nSPS) is 15.7. The van der Waals surface area contributed by atoms with Gasteiger partial charge in [0.2, 0.25) is 0 Å². The van der Waals surface area contributed by atoms with Gasteiger partial charge >= 0.3 is 6.18 Å². The summed E-state index contributed by atoms with van der Waals surface area (Å²) in [6.07, 6.45) is 1.63. The fraction of sp³-hybridized carbons (Fsp3) is 0.611. The smallest absolute Gasteiger partial charge is 0.422 e. The molecule has 0 amide bonds. The topological polar surface area (TPSA) is 54.9 Å². The number of methoxy groups -OCH3 is 1. The molecule has 27 heavy (non-hydrogen) atoms. The number of alkyl halides is 3. The quantitative estimate of drug-likeness (QED) is 0.348. The molecular weight excluding hydrogens is 474 g/mol. The van der Waals surface area contributed by atoms with Gasteiger partial charge in [0.15, 0.2) is 24.1 Å². The Labute approximate surface area is 175 Å². The molecule has 2 rings (SSSR count). The van der Waals surface area contributed by atoms with Gasteiger partial charge in [0.1, 0.15) is 0 Å². The number of nitrogens with one attached hydrogen (secondary N) is 2. The van der Waals surface area contributed by atoms with Gasteiger partial charge in [0, 0.05) is 19.6 Å². The maximum atomic E-state index is 12.3. The van der Waals surface area contributed by atoms with E-state index >= 15 is 0 Å². The molecule has 1 aromatic carbocycles. The van der Waals surface area contributed by atoms with E-state index in [4.69, 9.17) is 9.47 Å². The second-order valence-corrected chi connectivity index (χ2v) is 6.29. The van der Waals surface area contributed by atoms with Gasteiger partial charge in [-0.25, -0.2) is 0 Å². The van der Waals surface area contributed by atoms with Crippen molar-refractivity contribution in [2.45, 2.75) is 50.9 Å². The molecule has 1 fully saturated rings. The number of hydrogen-bond donors (Lipinski definition) is 2. The van der Waals surface area contributed by atoms with Crippen LogP contribution < -0.4 is 20.1 Å². The first-order valence-corrected chi connectivity index (χ1v) is 8.75. The molecule has 0 atom stereocenters. The minimum atomic E-state index is -4.39. The summed E-state index contributed by atoms with van der Waals surface area (Å²) in [6, 6.07) is 5.28. The lowest BCUT2D eigenvalue weighted by atomic mass is 9.96. The van der Waals surface area contributed by atoms with Crippen molar-refractivity contribution in [3.8, 4) is 11.5 Å². The van der Waals surface area contributed by atoms with Crippen molar-refractivity contribution in [3.63, 3.8) is 0 Å². The van der Waals surface area contributed by atoms with E-state index in [9.17, 15) is 13.2 Å². The Morgan fingerprint density at radius 1 is 1.19 bits per heavy atom. The Hall–Kier alpha value is -1.39. The third-order valence-electron chi connectivity index (χ3n) is 4.25. The summed E-state index contributed by atoms with van der Waals surface area (Å²) >= 11 is 0. The molecule has 5 nitrogen and oxygen atoms in total. The highest BCUT2D eigenvalue weighted by atomic mass is 127. The molecule has 1 aliphatic carbocycles. The summed E-state index contributed by atoms with van der Waals surface area (Å²) in [7, 11) is 3.11. The first kappa shape index (κ1) is 23.6. The maximum absolute atomic E-state index is 12.3. The van der Waals surface area contributed by atoms with Crippen molar-refractivity contribution in [2.75, 3.05) is 20.8 Å². The summed E-state index contributed by atoms with van der Waals surface area (Å²) in [6.45, 7) is -0.874. The predicted molar refractivity (Wildman–Crippen MR) is 110 cm³/mol. The Balaban J connectivity index is 0.00000364. The predicted octanol–water partition coefficient (Wildman–Crippen LogP) is 4.25. The zero-order chi connectivity index (χ0) is 19.0. The van der Waals surface area contributed by atoms with Crippen LogP contribution in [0.2, 0.25) is 0 Å². The van der Waals surface area contributed by atoms with Gasteiger partial charge in [-0.05, 0) is 30.5 Å². The van der Waals surface area contributed by atoms with E-state index in [1.165, 1.54) is 32.4 Å². The van der Waals surface area contributed by atoms with Crippen molar-refractivity contribution in [2.24, 2.45) is 4.99 Å². The summed E-state index contributed by atoms with van der Waals surface area (Å²) < 4.78 is 46.8. The number of benzene rings is 1. The molecule has 0 heterocycles. The Morgan fingerprint density at radius 2 is 1.89 bits per heavy atom. The highest BCUT2D eigenvalue weighted by molar-refractivity contribution is 14.0. The molecule has 0 saturated heterocycles. The molecule has 2 N–H and O–H groups in total. The average Bonchev–Trinajstić information content (AvgIpc) is 2.63. The third kappa shape index (κ3) is 8.44. The van der Waals surface area contributed by atoms with Crippen molar-refractivity contribution >= 4 is 29.9 Å². The largest absolute Gasteiger partial charge is 0.493 e. The molecule has 1 aliphatic rings. The standard InChI is InChI=1S/C18H26F3N3O2.HI/c1-22-17(24-14-6-4-3-5-7-14)23-11-13-8-9-15(16(10-13)25-2)26-12-18(19,20)21;/h8-10,14H,3-7,11-12H2,1-2H3,(H2,22,23,24);1H. The Morgan fingerprint density at radius 3 is 2.48 bits per heavy atom. The lowest BCUT2D eigenvalue weighted by molar-refractivity contribution is -0.153. The molecule has 0 aliphatic heterocycles. The average molecular weight is 501 g/mol. The van der Waals surface area contributed by atoms with Crippen LogP contribution in [-0.2, 0) is 6.54 Å². The lowest BCUT2D eigenvalue weighted by Gasteiger charge is -2.25. The molecule has 0 bridgehead atoms. The summed E-state index contributed by atoms with van der Waals surface area (Å²) in [5.41, 5.74) is 0.854. The molecule has 1 saturated carbocycles. The number of aliphatic imine (C=N–C) groups is 1. The van der Waals surface area contributed by atoms with E-state index in [2.05, 4.69) is 15.6 Å². The number of guanidine groups is 1. The maximum Gasteiger partial charge on any atom is 0.422 e. The van der Waals surface area contributed by atoms with Crippen LogP contribution in [0, 0.1) is 0 Å². The monoisotopic (exact) mass is 501 g/mol. The van der Waals surface area contributed by atoms with E-state index in [1.807, 2.05) is 0 Å². The molecular formula is C18H27F3IN3O2. The highest BCUT2D eigenvalue weighted by Gasteiger charge is 2.29. The van der Waals surface area contributed by atoms with Crippen molar-refractivity contribution < 1.29 is 22.6 Å². The Kier molecular flexibility index (Phi) is 10.0. The fourth-order valence-electron chi connectivity index (χ4n) is 2.92. The van der Waals surface area contributed by atoms with E-state index in [-0.39, 0.29) is 35.5 Å². The van der Waals surface area contributed by atoms with Gasteiger partial charge in [-0.3, -0.25) is 4.99 Å². The molecule has 1 aromatic rings. The zero-order valence-electron chi connectivity index (χ0n) is 15.6. The van der Waals surface area contributed by atoms with Gasteiger partial charge in [-0.1, -0.05) is 25.3 Å². The van der Waals surface area contributed by atoms with Gasteiger partial charge in [-0.15, -0.1) is 24.0 Å². The van der Waals surface area contributed by atoms with E-state index < -0.39 is 12.8 Å². The highest BCUT2D eigenvalue weighted by Crippen LogP contribution is 2.29. The first-order chi connectivity index (χ1) is 12.4. The molecule has 9 heteroatoms. The molecule has 0 spiro atoms. The second-order valence-electron chi connectivity index (χ2n) is 6.29. The third-order valence-corrected chi connectivity index (χ3v) is 4.25. The minimum Gasteiger partial charge on any atom is -0.493 e. The number of halogens is 4. The summed E-state index contributed by atoms with van der Waals surface area (Å²) in [5.74, 6) is 1.05. The molecule has 154 valence electrons. The second kappa shape index (κ2) is 11.5. The van der Waals surface area contributed by atoms with E-state index in [0.717, 1.165) is 18.4 Å². The fourth-order valence-corrected chi connectivity index (χ4v) is 2.92. The van der Waals surface area contributed by atoms with Crippen LogP contribution in [0.25, 0.3) is 0 Å². The SMILES string of the molecule is CN=C(NCc1ccc(OCC(F)(F)F)c(OC)c1)NC1CCCCC1.I. The van der Waals surface area contributed by atoms with Gasteiger partial charge in [-0.2, -0.15) is 13.2 Å².